The number of benzene rings is 1. The Balaban J connectivity index is 2.27. The van der Waals surface area contributed by atoms with Gasteiger partial charge in [0.1, 0.15) is 5.65 Å². The molecule has 2 aromatic heterocycles. The molecule has 0 radical (unpaired) electrons. The number of aromatic carboxylic acids is 1. The monoisotopic (exact) mass is 280 g/mol. The van der Waals surface area contributed by atoms with Gasteiger partial charge >= 0.3 is 5.97 Å². The van der Waals surface area contributed by atoms with Gasteiger partial charge in [-0.15, -0.1) is 0 Å². The molecule has 106 valence electrons. The first-order valence-electron chi connectivity index (χ1n) is 6.87. The van der Waals surface area contributed by atoms with Crippen LogP contribution in [-0.2, 0) is 0 Å². The summed E-state index contributed by atoms with van der Waals surface area (Å²) in [5.74, 6) is -0.741. The van der Waals surface area contributed by atoms with Crippen LogP contribution in [0.25, 0.3) is 16.8 Å². The molecular weight excluding hydrogens is 264 g/mol. The molecule has 3 aromatic rings. The average molecular weight is 280 g/mol. The molecule has 0 aliphatic heterocycles. The minimum absolute atomic E-state index is 0.0714. The summed E-state index contributed by atoms with van der Waals surface area (Å²) in [7, 11) is 0. The van der Waals surface area contributed by atoms with Gasteiger partial charge in [0.15, 0.2) is 5.69 Å². The van der Waals surface area contributed by atoms with E-state index in [1.54, 1.807) is 10.6 Å². The van der Waals surface area contributed by atoms with Crippen molar-refractivity contribution in [3.63, 3.8) is 0 Å². The Hall–Kier alpha value is -2.62. The first kappa shape index (κ1) is 13.4. The lowest BCUT2D eigenvalue weighted by Crippen LogP contribution is -1.97. The number of aromatic nitrogens is 2. The Labute approximate surface area is 122 Å². The van der Waals surface area contributed by atoms with Crippen molar-refractivity contribution in [1.82, 2.24) is 9.38 Å². The number of hydrogen-bond donors (Lipinski definition) is 1. The smallest absolute Gasteiger partial charge is 0.356 e. The Morgan fingerprint density at radius 3 is 2.48 bits per heavy atom. The fourth-order valence-corrected chi connectivity index (χ4v) is 2.44. The van der Waals surface area contributed by atoms with Crippen LogP contribution in [0.3, 0.4) is 0 Å². The number of rotatable bonds is 3. The van der Waals surface area contributed by atoms with Crippen LogP contribution in [0, 0.1) is 0 Å². The predicted octanol–water partition coefficient (Wildman–Crippen LogP) is 3.82. The number of nitrogens with zero attached hydrogens (tertiary/aromatic N) is 2. The standard InChI is InChI=1S/C17H16N2O2/c1-11(2)14-8-13(12-6-4-3-5-7-12)9-19-10-15(17(20)21)18-16(14)19/h3-11H,1-2H3,(H,20,21). The van der Waals surface area contributed by atoms with E-state index in [1.165, 1.54) is 0 Å². The summed E-state index contributed by atoms with van der Waals surface area (Å²) in [5, 5.41) is 9.13. The van der Waals surface area contributed by atoms with Crippen LogP contribution in [-0.4, -0.2) is 20.5 Å². The third-order valence-corrected chi connectivity index (χ3v) is 3.53. The van der Waals surface area contributed by atoms with Crippen LogP contribution in [0.2, 0.25) is 0 Å². The number of hydrogen-bond acceptors (Lipinski definition) is 2. The zero-order valence-electron chi connectivity index (χ0n) is 11.9. The molecule has 0 atom stereocenters. The molecule has 4 nitrogen and oxygen atoms in total. The van der Waals surface area contributed by atoms with Gasteiger partial charge in [0.2, 0.25) is 0 Å². The highest BCUT2D eigenvalue weighted by Gasteiger charge is 2.15. The van der Waals surface area contributed by atoms with Crippen LogP contribution >= 0.6 is 0 Å². The van der Waals surface area contributed by atoms with E-state index in [-0.39, 0.29) is 11.6 Å². The molecule has 1 N–H and O–H groups in total. The van der Waals surface area contributed by atoms with Gasteiger partial charge in [-0.2, -0.15) is 0 Å². The molecule has 0 unspecified atom stereocenters. The summed E-state index contributed by atoms with van der Waals surface area (Å²) in [6.07, 6.45) is 3.49. The van der Waals surface area contributed by atoms with Crippen LogP contribution in [0.1, 0.15) is 35.8 Å². The molecular formula is C17H16N2O2. The molecule has 0 saturated heterocycles. The Morgan fingerprint density at radius 2 is 1.86 bits per heavy atom. The lowest BCUT2D eigenvalue weighted by Gasteiger charge is -2.11. The predicted molar refractivity (Wildman–Crippen MR) is 81.7 cm³/mol. The minimum atomic E-state index is -1.00. The van der Waals surface area contributed by atoms with Crippen molar-refractivity contribution in [2.24, 2.45) is 0 Å². The zero-order valence-corrected chi connectivity index (χ0v) is 11.9. The van der Waals surface area contributed by atoms with Gasteiger partial charge in [-0.05, 0) is 28.7 Å². The number of fused-ring (bicyclic) bond motifs is 1. The second kappa shape index (κ2) is 5.05. The molecule has 0 saturated carbocycles. The summed E-state index contributed by atoms with van der Waals surface area (Å²) in [4.78, 5) is 15.4. The van der Waals surface area contributed by atoms with E-state index < -0.39 is 5.97 Å². The highest BCUT2D eigenvalue weighted by atomic mass is 16.4. The molecule has 0 fully saturated rings. The zero-order chi connectivity index (χ0) is 15.0. The number of carboxylic acids is 1. The SMILES string of the molecule is CC(C)c1cc(-c2ccccc2)cn2cc(C(=O)O)nc12. The quantitative estimate of drug-likeness (QED) is 0.793. The molecule has 21 heavy (non-hydrogen) atoms. The van der Waals surface area contributed by atoms with Gasteiger partial charge in [-0.3, -0.25) is 0 Å². The van der Waals surface area contributed by atoms with Gasteiger partial charge in [0.25, 0.3) is 0 Å². The highest BCUT2D eigenvalue weighted by molar-refractivity contribution is 5.86. The molecule has 1 aromatic carbocycles. The van der Waals surface area contributed by atoms with Crippen molar-refractivity contribution >= 4 is 11.6 Å². The molecule has 0 spiro atoms. The van der Waals surface area contributed by atoms with Crippen molar-refractivity contribution in [2.45, 2.75) is 19.8 Å². The number of carboxylic acid groups (broad SMARTS) is 1. The van der Waals surface area contributed by atoms with E-state index in [2.05, 4.69) is 24.9 Å². The van der Waals surface area contributed by atoms with Crippen molar-refractivity contribution < 1.29 is 9.90 Å². The maximum atomic E-state index is 11.1. The first-order valence-corrected chi connectivity index (χ1v) is 6.87. The topological polar surface area (TPSA) is 54.6 Å². The van der Waals surface area contributed by atoms with E-state index >= 15 is 0 Å². The minimum Gasteiger partial charge on any atom is -0.476 e. The summed E-state index contributed by atoms with van der Waals surface area (Å²) in [5.41, 5.74) is 3.99. The molecule has 2 heterocycles. The average Bonchev–Trinajstić information content (AvgIpc) is 2.91. The van der Waals surface area contributed by atoms with E-state index in [4.69, 9.17) is 5.11 Å². The van der Waals surface area contributed by atoms with Crippen molar-refractivity contribution in [3.05, 3.63) is 60.0 Å². The van der Waals surface area contributed by atoms with E-state index in [0.717, 1.165) is 16.7 Å². The van der Waals surface area contributed by atoms with E-state index in [0.29, 0.717) is 5.65 Å². The maximum Gasteiger partial charge on any atom is 0.356 e. The van der Waals surface area contributed by atoms with Crippen molar-refractivity contribution in [1.29, 1.82) is 0 Å². The lowest BCUT2D eigenvalue weighted by atomic mass is 10.00. The number of pyridine rings is 1. The largest absolute Gasteiger partial charge is 0.476 e. The molecule has 3 rings (SSSR count). The van der Waals surface area contributed by atoms with E-state index in [1.807, 2.05) is 36.5 Å². The summed E-state index contributed by atoms with van der Waals surface area (Å²) in [6, 6.07) is 12.1. The highest BCUT2D eigenvalue weighted by Crippen LogP contribution is 2.27. The van der Waals surface area contributed by atoms with Crippen LogP contribution in [0.4, 0.5) is 0 Å². The van der Waals surface area contributed by atoms with Gasteiger partial charge in [0.05, 0.1) is 0 Å². The lowest BCUT2D eigenvalue weighted by molar-refractivity contribution is 0.0691. The molecule has 0 aliphatic carbocycles. The van der Waals surface area contributed by atoms with E-state index in [9.17, 15) is 4.79 Å². The van der Waals surface area contributed by atoms with Crippen molar-refractivity contribution in [3.8, 4) is 11.1 Å². The summed E-state index contributed by atoms with van der Waals surface area (Å²) >= 11 is 0. The number of imidazole rings is 1. The summed E-state index contributed by atoms with van der Waals surface area (Å²) < 4.78 is 1.81. The normalized spacial score (nSPS) is 11.2. The molecule has 0 bridgehead atoms. The third kappa shape index (κ3) is 2.40. The second-order valence-electron chi connectivity index (χ2n) is 5.37. The number of carbonyl (C=O) groups is 1. The molecule has 0 aliphatic rings. The summed E-state index contributed by atoms with van der Waals surface area (Å²) in [6.45, 7) is 4.17. The Kier molecular flexibility index (Phi) is 3.22. The van der Waals surface area contributed by atoms with Crippen LogP contribution < -0.4 is 0 Å². The first-order chi connectivity index (χ1) is 10.1. The van der Waals surface area contributed by atoms with Gasteiger partial charge in [-0.1, -0.05) is 44.2 Å². The van der Waals surface area contributed by atoms with Crippen LogP contribution in [0.15, 0.2) is 48.8 Å². The Morgan fingerprint density at radius 1 is 1.14 bits per heavy atom. The van der Waals surface area contributed by atoms with Crippen LogP contribution in [0.5, 0.6) is 0 Å². The van der Waals surface area contributed by atoms with Gasteiger partial charge in [0, 0.05) is 12.4 Å². The van der Waals surface area contributed by atoms with Gasteiger partial charge in [-0.25, -0.2) is 9.78 Å². The van der Waals surface area contributed by atoms with Crippen molar-refractivity contribution in [2.75, 3.05) is 0 Å². The fraction of sp³-hybridized carbons (Fsp3) is 0.176. The third-order valence-electron chi connectivity index (χ3n) is 3.53. The van der Waals surface area contributed by atoms with Gasteiger partial charge < -0.3 is 9.51 Å². The fourth-order valence-electron chi connectivity index (χ4n) is 2.44. The Bertz CT molecular complexity index is 804. The maximum absolute atomic E-state index is 11.1. The molecule has 0 amide bonds. The second-order valence-corrected chi connectivity index (χ2v) is 5.37. The molecule has 4 heteroatoms.